The normalized spacial score (nSPS) is 14.3. The van der Waals surface area contributed by atoms with Crippen LogP contribution in [0.15, 0.2) is 0 Å². The van der Waals surface area contributed by atoms with Gasteiger partial charge in [0.2, 0.25) is 0 Å². The summed E-state index contributed by atoms with van der Waals surface area (Å²) in [5.41, 5.74) is 0. The van der Waals surface area contributed by atoms with Crippen LogP contribution in [0.1, 0.15) is 486 Å². The molecule has 7 atom stereocenters. The highest BCUT2D eigenvalue weighted by atomic mass is 31.2. The Labute approximate surface area is 683 Å². The van der Waals surface area contributed by atoms with Gasteiger partial charge in [0.25, 0.3) is 0 Å². The van der Waals surface area contributed by atoms with Crippen molar-refractivity contribution in [2.45, 2.75) is 504 Å². The Morgan fingerprint density at radius 2 is 0.432 bits per heavy atom. The number of carbonyl (C=O) groups excluding carboxylic acids is 4. The third kappa shape index (κ3) is 82.9. The first-order chi connectivity index (χ1) is 53.7. The summed E-state index contributed by atoms with van der Waals surface area (Å²) < 4.78 is 69.1. The quantitative estimate of drug-likeness (QED) is 0.0222. The first kappa shape index (κ1) is 109. The topological polar surface area (TPSA) is 237 Å². The van der Waals surface area contributed by atoms with Crippen LogP contribution in [0.3, 0.4) is 0 Å². The molecule has 0 aliphatic carbocycles. The summed E-state index contributed by atoms with van der Waals surface area (Å²) >= 11 is 0. The average molecular weight is 1620 g/mol. The predicted octanol–water partition coefficient (Wildman–Crippen LogP) is 28.3. The van der Waals surface area contributed by atoms with Gasteiger partial charge in [-0.15, -0.1) is 0 Å². The molecule has 0 aromatic heterocycles. The van der Waals surface area contributed by atoms with E-state index in [2.05, 4.69) is 55.4 Å². The zero-order valence-electron chi connectivity index (χ0n) is 73.6. The Bertz CT molecular complexity index is 2150. The number of phosphoric ester groups is 2. The molecule has 0 aliphatic heterocycles. The Morgan fingerprint density at radius 1 is 0.252 bits per heavy atom. The number of phosphoric acid groups is 2. The molecule has 0 radical (unpaired) electrons. The lowest BCUT2D eigenvalue weighted by atomic mass is 9.99. The van der Waals surface area contributed by atoms with Crippen molar-refractivity contribution in [3.05, 3.63) is 0 Å². The van der Waals surface area contributed by atoms with Gasteiger partial charge in [0.05, 0.1) is 26.4 Å². The summed E-state index contributed by atoms with van der Waals surface area (Å²) in [4.78, 5) is 73.4. The maximum Gasteiger partial charge on any atom is 0.472 e. The second kappa shape index (κ2) is 80.5. The van der Waals surface area contributed by atoms with Crippen LogP contribution in [0.25, 0.3) is 0 Å². The number of rotatable bonds is 89. The Hall–Kier alpha value is -1.94. The van der Waals surface area contributed by atoms with Crippen molar-refractivity contribution in [2.75, 3.05) is 39.6 Å². The van der Waals surface area contributed by atoms with Crippen molar-refractivity contribution in [1.82, 2.24) is 0 Å². The van der Waals surface area contributed by atoms with Crippen molar-refractivity contribution in [2.24, 2.45) is 23.7 Å². The molecule has 17 nitrogen and oxygen atoms in total. The van der Waals surface area contributed by atoms with E-state index >= 15 is 0 Å². The smallest absolute Gasteiger partial charge is 0.462 e. The fraction of sp³-hybridized carbons (Fsp3) is 0.957. The molecular weight excluding hydrogens is 1440 g/mol. The predicted molar refractivity (Wildman–Crippen MR) is 460 cm³/mol. The van der Waals surface area contributed by atoms with Crippen molar-refractivity contribution in [1.29, 1.82) is 0 Å². The molecule has 0 saturated carbocycles. The molecule has 4 unspecified atom stereocenters. The first-order valence-corrected chi connectivity index (χ1v) is 50.3. The number of ether oxygens (including phenoxy) is 4. The summed E-state index contributed by atoms with van der Waals surface area (Å²) in [5.74, 6) is 1.13. The molecule has 111 heavy (non-hydrogen) atoms. The van der Waals surface area contributed by atoms with E-state index in [0.29, 0.717) is 25.7 Å². The highest BCUT2D eigenvalue weighted by Gasteiger charge is 2.31. The number of hydrogen-bond donors (Lipinski definition) is 3. The van der Waals surface area contributed by atoms with Gasteiger partial charge in [-0.2, -0.15) is 0 Å². The summed E-state index contributed by atoms with van der Waals surface area (Å²) in [6.45, 7) is 14.4. The summed E-state index contributed by atoms with van der Waals surface area (Å²) in [5, 5.41) is 10.7. The second-order valence-corrected chi connectivity index (χ2v) is 37.4. The molecule has 0 rings (SSSR count). The van der Waals surface area contributed by atoms with Crippen LogP contribution in [0.5, 0.6) is 0 Å². The number of unbranched alkanes of at least 4 members (excludes halogenated alkanes) is 53. The SMILES string of the molecule is CCC(C)CCCCCCCCCCCCCCCCCCCCC(=O)O[C@H](COC(=O)CCCCCCCCCCCCCCCCCCCCC(C)C)COP(=O)(O)OC[C@@H](O)COP(=O)(O)OC[C@@H](COC(=O)CCCCCCCCC(C)CC)OC(=O)CCCCCCCCCCCCCCCCCC(C)C. The first-order valence-electron chi connectivity index (χ1n) is 47.3. The van der Waals surface area contributed by atoms with Gasteiger partial charge >= 0.3 is 39.5 Å². The molecule has 0 aliphatic rings. The molecular formula is C92H180O17P2. The third-order valence-corrected chi connectivity index (χ3v) is 24.2. The fourth-order valence-electron chi connectivity index (χ4n) is 14.3. The van der Waals surface area contributed by atoms with Crippen LogP contribution in [0, 0.1) is 23.7 Å². The van der Waals surface area contributed by atoms with Crippen LogP contribution < -0.4 is 0 Å². The van der Waals surface area contributed by atoms with Gasteiger partial charge in [-0.05, 0) is 49.4 Å². The molecule has 0 aromatic rings. The Kier molecular flexibility index (Phi) is 79.1. The van der Waals surface area contributed by atoms with Crippen LogP contribution >= 0.6 is 15.6 Å². The van der Waals surface area contributed by atoms with Crippen LogP contribution in [-0.2, 0) is 65.4 Å². The zero-order valence-corrected chi connectivity index (χ0v) is 75.4. The van der Waals surface area contributed by atoms with Crippen molar-refractivity contribution in [3.8, 4) is 0 Å². The zero-order chi connectivity index (χ0) is 81.6. The van der Waals surface area contributed by atoms with E-state index in [1.807, 2.05) is 0 Å². The Balaban J connectivity index is 5.22. The van der Waals surface area contributed by atoms with Crippen LogP contribution in [0.2, 0.25) is 0 Å². The minimum atomic E-state index is -4.97. The van der Waals surface area contributed by atoms with Gasteiger partial charge in [-0.3, -0.25) is 37.3 Å². The summed E-state index contributed by atoms with van der Waals surface area (Å²) in [6.07, 6.45) is 72.3. The second-order valence-electron chi connectivity index (χ2n) is 34.5. The summed E-state index contributed by atoms with van der Waals surface area (Å²) in [7, 11) is -9.94. The lowest BCUT2D eigenvalue weighted by Crippen LogP contribution is -2.30. The molecule has 0 bridgehead atoms. The van der Waals surface area contributed by atoms with E-state index in [-0.39, 0.29) is 25.7 Å². The van der Waals surface area contributed by atoms with Crippen molar-refractivity contribution in [3.63, 3.8) is 0 Å². The minimum absolute atomic E-state index is 0.107. The molecule has 0 heterocycles. The van der Waals surface area contributed by atoms with E-state index in [0.717, 1.165) is 120 Å². The van der Waals surface area contributed by atoms with Gasteiger partial charge in [0, 0.05) is 25.7 Å². The van der Waals surface area contributed by atoms with Crippen LogP contribution in [-0.4, -0.2) is 96.7 Å². The van der Waals surface area contributed by atoms with Crippen molar-refractivity contribution >= 4 is 39.5 Å². The van der Waals surface area contributed by atoms with E-state index in [9.17, 15) is 43.2 Å². The number of esters is 4. The third-order valence-electron chi connectivity index (χ3n) is 22.3. The summed E-state index contributed by atoms with van der Waals surface area (Å²) in [6, 6.07) is 0. The standard InChI is InChI=1S/C92H180O17P2/c1-9-84(7)70-62-54-46-40-34-28-22-16-12-14-18-24-30-36-42-48-58-66-74-91(96)108-87(78-102-89(94)72-64-56-47-41-35-29-23-17-13-11-15-20-26-32-38-44-52-60-68-82(3)4)80-106-110(98,99)104-76-86(93)77-105-111(100,101)107-81-88(79-103-90(95)73-65-57-51-50-55-63-71-85(8)10-2)109-92(97)75-67-59-49-43-37-31-25-19-21-27-33-39-45-53-61-69-83(5)6/h82-88,93H,9-81H2,1-8H3,(H,98,99)(H,100,101)/t84?,85?,86-,87-,88-/m1/s1. The van der Waals surface area contributed by atoms with Gasteiger partial charge in [-0.25, -0.2) is 9.13 Å². The molecule has 3 N–H and O–H groups in total. The van der Waals surface area contributed by atoms with E-state index in [4.69, 9.17) is 37.0 Å². The monoisotopic (exact) mass is 1620 g/mol. The molecule has 0 saturated heterocycles. The average Bonchev–Trinajstić information content (AvgIpc) is 0.898. The molecule has 0 spiro atoms. The number of carbonyl (C=O) groups is 4. The lowest BCUT2D eigenvalue weighted by molar-refractivity contribution is -0.161. The molecule has 19 heteroatoms. The molecule has 0 aromatic carbocycles. The highest BCUT2D eigenvalue weighted by Crippen LogP contribution is 2.45. The van der Waals surface area contributed by atoms with E-state index in [1.165, 1.54) is 283 Å². The van der Waals surface area contributed by atoms with Crippen LogP contribution in [0.4, 0.5) is 0 Å². The molecule has 0 amide bonds. The van der Waals surface area contributed by atoms with Gasteiger partial charge in [-0.1, -0.05) is 434 Å². The Morgan fingerprint density at radius 3 is 0.640 bits per heavy atom. The maximum absolute atomic E-state index is 13.2. The maximum atomic E-state index is 13.2. The minimum Gasteiger partial charge on any atom is -0.462 e. The lowest BCUT2D eigenvalue weighted by Gasteiger charge is -2.21. The number of aliphatic hydroxyl groups excluding tert-OH is 1. The van der Waals surface area contributed by atoms with E-state index < -0.39 is 97.5 Å². The van der Waals surface area contributed by atoms with Gasteiger partial charge in [0.1, 0.15) is 19.3 Å². The van der Waals surface area contributed by atoms with Gasteiger partial charge < -0.3 is 33.8 Å². The number of hydrogen-bond acceptors (Lipinski definition) is 15. The largest absolute Gasteiger partial charge is 0.472 e. The fourth-order valence-corrected chi connectivity index (χ4v) is 15.9. The molecule has 660 valence electrons. The van der Waals surface area contributed by atoms with E-state index in [1.54, 1.807) is 0 Å². The number of aliphatic hydroxyl groups is 1. The molecule has 0 fully saturated rings. The van der Waals surface area contributed by atoms with Crippen molar-refractivity contribution < 1.29 is 80.2 Å². The van der Waals surface area contributed by atoms with Gasteiger partial charge in [0.15, 0.2) is 12.2 Å². The highest BCUT2D eigenvalue weighted by molar-refractivity contribution is 7.47.